The van der Waals surface area contributed by atoms with Crippen molar-refractivity contribution in [1.29, 1.82) is 0 Å². The van der Waals surface area contributed by atoms with E-state index >= 15 is 0 Å². The predicted molar refractivity (Wildman–Crippen MR) is 104 cm³/mol. The minimum absolute atomic E-state index is 0.0471. The smallest absolute Gasteiger partial charge is 0.270 e. The Morgan fingerprint density at radius 1 is 1.28 bits per heavy atom. The third kappa shape index (κ3) is 4.07. The Bertz CT molecular complexity index is 974. The maximum absolute atomic E-state index is 13.0. The Morgan fingerprint density at radius 2 is 2.07 bits per heavy atom. The van der Waals surface area contributed by atoms with Crippen LogP contribution in [0.4, 0.5) is 0 Å². The van der Waals surface area contributed by atoms with Crippen LogP contribution < -0.4 is 9.47 Å². The maximum Gasteiger partial charge on any atom is 0.270 e. The number of hydrogen-bond acceptors (Lipinski definition) is 7. The van der Waals surface area contributed by atoms with Crippen LogP contribution in [0.2, 0.25) is 0 Å². The summed E-state index contributed by atoms with van der Waals surface area (Å²) in [6.45, 7) is 2.91. The third-order valence-corrected chi connectivity index (χ3v) is 7.09. The van der Waals surface area contributed by atoms with Crippen molar-refractivity contribution in [3.63, 3.8) is 0 Å². The van der Waals surface area contributed by atoms with Gasteiger partial charge in [0.25, 0.3) is 5.91 Å². The molecule has 2 amide bonds. The molecule has 1 aromatic carbocycles. The first kappa shape index (κ1) is 19.7. The van der Waals surface area contributed by atoms with Gasteiger partial charge in [-0.05, 0) is 31.0 Å². The molecule has 0 aliphatic carbocycles. The van der Waals surface area contributed by atoms with Gasteiger partial charge in [-0.15, -0.1) is 0 Å². The Morgan fingerprint density at radius 3 is 2.79 bits per heavy atom. The van der Waals surface area contributed by atoms with E-state index in [1.807, 2.05) is 25.1 Å². The summed E-state index contributed by atoms with van der Waals surface area (Å²) in [7, 11) is -3.15. The molecule has 1 aromatic rings. The van der Waals surface area contributed by atoms with Gasteiger partial charge in [0.15, 0.2) is 21.3 Å². The molecule has 9 nitrogen and oxygen atoms in total. The molecule has 0 N–H and O–H groups in total. The van der Waals surface area contributed by atoms with Crippen molar-refractivity contribution in [2.45, 2.75) is 38.8 Å². The minimum Gasteiger partial charge on any atom is -0.454 e. The first-order valence-electron chi connectivity index (χ1n) is 9.64. The fourth-order valence-electron chi connectivity index (χ4n) is 3.75. The van der Waals surface area contributed by atoms with E-state index in [1.54, 1.807) is 4.90 Å². The molecule has 1 unspecified atom stereocenters. The number of amides is 2. The number of benzene rings is 1. The lowest BCUT2D eigenvalue weighted by Crippen LogP contribution is -2.44. The van der Waals surface area contributed by atoms with E-state index in [-0.39, 0.29) is 48.7 Å². The first-order chi connectivity index (χ1) is 13.9. The van der Waals surface area contributed by atoms with E-state index < -0.39 is 15.9 Å². The van der Waals surface area contributed by atoms with Crippen molar-refractivity contribution in [3.05, 3.63) is 23.8 Å². The number of carbonyl (C=O) groups excluding carboxylic acids is 2. The Hall–Kier alpha value is -2.62. The molecule has 0 radical (unpaired) electrons. The molecule has 3 heterocycles. The van der Waals surface area contributed by atoms with E-state index in [9.17, 15) is 18.0 Å². The highest BCUT2D eigenvalue weighted by molar-refractivity contribution is 7.91. The molecule has 0 spiro atoms. The van der Waals surface area contributed by atoms with E-state index in [4.69, 9.17) is 9.47 Å². The Labute approximate surface area is 169 Å². The number of sulfone groups is 1. The Kier molecular flexibility index (Phi) is 5.20. The molecular weight excluding hydrogens is 398 g/mol. The molecule has 0 bridgehead atoms. The van der Waals surface area contributed by atoms with Gasteiger partial charge in [0.05, 0.1) is 17.5 Å². The number of rotatable bonds is 5. The SMILES string of the molecule is CCN(Cc1ccc2c(c1)OCO2)C(=O)C1=NN(C2CCS(=O)(=O)C2)C(=O)CC1. The van der Waals surface area contributed by atoms with Crippen LogP contribution in [0.5, 0.6) is 11.5 Å². The highest BCUT2D eigenvalue weighted by Crippen LogP contribution is 2.33. The van der Waals surface area contributed by atoms with Crippen LogP contribution in [0.15, 0.2) is 23.3 Å². The van der Waals surface area contributed by atoms with Crippen LogP contribution in [0.3, 0.4) is 0 Å². The molecule has 0 saturated carbocycles. The predicted octanol–water partition coefficient (Wildman–Crippen LogP) is 0.929. The van der Waals surface area contributed by atoms with E-state index in [0.29, 0.717) is 31.0 Å². The average Bonchev–Trinajstić information content (AvgIpc) is 3.31. The summed E-state index contributed by atoms with van der Waals surface area (Å²) in [6.07, 6.45) is 0.766. The molecule has 3 aliphatic heterocycles. The summed E-state index contributed by atoms with van der Waals surface area (Å²) in [5.74, 6) is 0.802. The minimum atomic E-state index is -3.15. The maximum atomic E-state index is 13.0. The molecule has 1 fully saturated rings. The summed E-state index contributed by atoms with van der Waals surface area (Å²) >= 11 is 0. The van der Waals surface area contributed by atoms with Gasteiger partial charge in [0.1, 0.15) is 5.71 Å². The van der Waals surface area contributed by atoms with Crippen LogP contribution in [-0.4, -0.2) is 66.7 Å². The van der Waals surface area contributed by atoms with Crippen LogP contribution in [0.25, 0.3) is 0 Å². The average molecular weight is 421 g/mol. The highest BCUT2D eigenvalue weighted by atomic mass is 32.2. The van der Waals surface area contributed by atoms with Crippen molar-refractivity contribution in [2.24, 2.45) is 5.10 Å². The summed E-state index contributed by atoms with van der Waals surface area (Å²) in [4.78, 5) is 27.0. The second-order valence-electron chi connectivity index (χ2n) is 7.35. The zero-order valence-electron chi connectivity index (χ0n) is 16.2. The molecule has 10 heteroatoms. The van der Waals surface area contributed by atoms with Gasteiger partial charge in [0.2, 0.25) is 12.7 Å². The number of fused-ring (bicyclic) bond motifs is 1. The van der Waals surface area contributed by atoms with E-state index in [2.05, 4.69) is 5.10 Å². The second kappa shape index (κ2) is 7.66. The number of ether oxygens (including phenoxy) is 2. The molecule has 1 atom stereocenters. The van der Waals surface area contributed by atoms with Gasteiger partial charge in [-0.25, -0.2) is 13.4 Å². The Balaban J connectivity index is 1.50. The molecule has 3 aliphatic rings. The number of carbonyl (C=O) groups is 2. The van der Waals surface area contributed by atoms with Crippen LogP contribution in [-0.2, 0) is 26.0 Å². The fourth-order valence-corrected chi connectivity index (χ4v) is 5.44. The molecule has 29 heavy (non-hydrogen) atoms. The van der Waals surface area contributed by atoms with Crippen molar-refractivity contribution in [2.75, 3.05) is 24.8 Å². The van der Waals surface area contributed by atoms with Crippen LogP contribution >= 0.6 is 0 Å². The number of hydrazone groups is 1. The lowest BCUT2D eigenvalue weighted by atomic mass is 10.1. The van der Waals surface area contributed by atoms with E-state index in [1.165, 1.54) is 5.01 Å². The van der Waals surface area contributed by atoms with Crippen molar-refractivity contribution < 1.29 is 27.5 Å². The summed E-state index contributed by atoms with van der Waals surface area (Å²) in [5.41, 5.74) is 1.19. The first-order valence-corrected chi connectivity index (χ1v) is 11.5. The third-order valence-electron chi connectivity index (χ3n) is 5.34. The van der Waals surface area contributed by atoms with Gasteiger partial charge in [-0.1, -0.05) is 6.07 Å². The number of nitrogens with zero attached hydrogens (tertiary/aromatic N) is 3. The summed E-state index contributed by atoms with van der Waals surface area (Å²) < 4.78 is 34.2. The largest absolute Gasteiger partial charge is 0.454 e. The molecule has 4 rings (SSSR count). The summed E-state index contributed by atoms with van der Waals surface area (Å²) in [5, 5.41) is 5.50. The van der Waals surface area contributed by atoms with Crippen LogP contribution in [0, 0.1) is 0 Å². The molecular formula is C19H23N3O6S. The van der Waals surface area contributed by atoms with Gasteiger partial charge in [-0.2, -0.15) is 5.10 Å². The van der Waals surface area contributed by atoms with Crippen molar-refractivity contribution >= 4 is 27.4 Å². The van der Waals surface area contributed by atoms with Gasteiger partial charge < -0.3 is 14.4 Å². The highest BCUT2D eigenvalue weighted by Gasteiger charge is 2.37. The number of hydrogen-bond donors (Lipinski definition) is 0. The fraction of sp³-hybridized carbons (Fsp3) is 0.526. The van der Waals surface area contributed by atoms with Crippen molar-refractivity contribution in [1.82, 2.24) is 9.91 Å². The van der Waals surface area contributed by atoms with Crippen molar-refractivity contribution in [3.8, 4) is 11.5 Å². The topological polar surface area (TPSA) is 106 Å². The van der Waals surface area contributed by atoms with Gasteiger partial charge in [-0.3, -0.25) is 9.59 Å². The van der Waals surface area contributed by atoms with Gasteiger partial charge in [0, 0.05) is 25.9 Å². The van der Waals surface area contributed by atoms with E-state index in [0.717, 1.165) is 5.56 Å². The lowest BCUT2D eigenvalue weighted by molar-refractivity contribution is -0.134. The molecule has 0 aromatic heterocycles. The molecule has 1 saturated heterocycles. The second-order valence-corrected chi connectivity index (χ2v) is 9.58. The normalized spacial score (nSPS) is 22.5. The van der Waals surface area contributed by atoms with Gasteiger partial charge >= 0.3 is 0 Å². The molecule has 156 valence electrons. The monoisotopic (exact) mass is 421 g/mol. The van der Waals surface area contributed by atoms with Crippen LogP contribution in [0.1, 0.15) is 31.7 Å². The quantitative estimate of drug-likeness (QED) is 0.700. The standard InChI is InChI=1S/C19H23N3O6S/c1-2-21(10-13-3-5-16-17(9-13)28-12-27-16)19(24)15-4-6-18(23)22(20-15)14-7-8-29(25,26)11-14/h3,5,9,14H,2,4,6-8,10-12H2,1H3. The zero-order valence-corrected chi connectivity index (χ0v) is 17.0. The summed E-state index contributed by atoms with van der Waals surface area (Å²) in [6, 6.07) is 5.06. The lowest BCUT2D eigenvalue weighted by Gasteiger charge is -2.29. The zero-order chi connectivity index (χ0) is 20.6.